The lowest BCUT2D eigenvalue weighted by molar-refractivity contribution is -0.384. The highest BCUT2D eigenvalue weighted by Gasteiger charge is 2.22. The second kappa shape index (κ2) is 10.9. The number of nitro benzene ring substituents is 1. The molecule has 0 atom stereocenters. The van der Waals surface area contributed by atoms with Gasteiger partial charge in [-0.15, -0.1) is 0 Å². The van der Waals surface area contributed by atoms with Crippen molar-refractivity contribution in [3.63, 3.8) is 0 Å². The van der Waals surface area contributed by atoms with E-state index in [1.807, 2.05) is 0 Å². The van der Waals surface area contributed by atoms with E-state index in [1.165, 1.54) is 49.6 Å². The molecule has 0 saturated heterocycles. The Morgan fingerprint density at radius 3 is 2.47 bits per heavy atom. The largest absolute Gasteiger partial charge is 0.493 e. The highest BCUT2D eigenvalue weighted by Crippen LogP contribution is 2.35. The van der Waals surface area contributed by atoms with E-state index in [1.54, 1.807) is 25.1 Å². The number of methoxy groups -OCH3 is 1. The molecule has 0 saturated carbocycles. The van der Waals surface area contributed by atoms with E-state index in [-0.39, 0.29) is 32.7 Å². The van der Waals surface area contributed by atoms with Gasteiger partial charge in [-0.25, -0.2) is 0 Å². The van der Waals surface area contributed by atoms with Gasteiger partial charge in [0.1, 0.15) is 21.6 Å². The molecule has 0 bridgehead atoms. The van der Waals surface area contributed by atoms with Crippen LogP contribution in [0.1, 0.15) is 11.1 Å². The van der Waals surface area contributed by atoms with Crippen LogP contribution in [0.5, 0.6) is 11.5 Å². The number of ether oxygens (including phenoxy) is 1. The molecule has 3 aromatic carbocycles. The van der Waals surface area contributed by atoms with E-state index < -0.39 is 32.2 Å². The summed E-state index contributed by atoms with van der Waals surface area (Å²) >= 11 is 5.78. The van der Waals surface area contributed by atoms with Gasteiger partial charge in [-0.3, -0.25) is 14.9 Å². The maximum atomic E-state index is 12.9. The van der Waals surface area contributed by atoms with Crippen molar-refractivity contribution < 1.29 is 27.1 Å². The normalized spacial score (nSPS) is 11.3. The Morgan fingerprint density at radius 1 is 1.17 bits per heavy atom. The third-order valence-electron chi connectivity index (χ3n) is 4.80. The third kappa shape index (κ3) is 5.99. The second-order valence-electron chi connectivity index (χ2n) is 7.28. The molecule has 1 amide bonds. The number of amides is 1. The predicted octanol–water partition coefficient (Wildman–Crippen LogP) is 4.88. The SMILES string of the molecule is COc1cccc(/C=C(\C#N)C(=O)Nc2ccc(Cl)c([N+](=O)[O-])c2)c1OS(=O)(=O)c1ccc(C)cc1. The van der Waals surface area contributed by atoms with Crippen molar-refractivity contribution in [2.45, 2.75) is 11.8 Å². The van der Waals surface area contributed by atoms with Crippen LogP contribution >= 0.6 is 11.6 Å². The van der Waals surface area contributed by atoms with Crippen molar-refractivity contribution >= 4 is 45.1 Å². The standard InChI is InChI=1S/C24H18ClN3O7S/c1-15-6-9-19(10-7-15)36(32,33)35-23-16(4-3-5-22(23)34-2)12-17(14-26)24(29)27-18-8-11-20(25)21(13-18)28(30)31/h3-13H,1-2H3,(H,27,29)/b17-12+. The smallest absolute Gasteiger partial charge is 0.339 e. The first kappa shape index (κ1) is 26.2. The van der Waals surface area contributed by atoms with Crippen molar-refractivity contribution in [3.8, 4) is 17.6 Å². The van der Waals surface area contributed by atoms with Crippen molar-refractivity contribution in [3.05, 3.63) is 92.5 Å². The molecule has 36 heavy (non-hydrogen) atoms. The molecule has 3 rings (SSSR count). The summed E-state index contributed by atoms with van der Waals surface area (Å²) < 4.78 is 36.3. The van der Waals surface area contributed by atoms with Gasteiger partial charge in [0.15, 0.2) is 11.5 Å². The first-order chi connectivity index (χ1) is 17.1. The molecular weight excluding hydrogens is 510 g/mol. The average molecular weight is 528 g/mol. The van der Waals surface area contributed by atoms with E-state index >= 15 is 0 Å². The maximum Gasteiger partial charge on any atom is 0.339 e. The Labute approximate surface area is 211 Å². The van der Waals surface area contributed by atoms with E-state index in [2.05, 4.69) is 5.32 Å². The predicted molar refractivity (Wildman–Crippen MR) is 132 cm³/mol. The minimum absolute atomic E-state index is 0.0290. The summed E-state index contributed by atoms with van der Waals surface area (Å²) in [5, 5.41) is 22.9. The van der Waals surface area contributed by atoms with Crippen LogP contribution in [-0.2, 0) is 14.9 Å². The van der Waals surface area contributed by atoms with Gasteiger partial charge < -0.3 is 14.2 Å². The lowest BCUT2D eigenvalue weighted by atomic mass is 10.1. The van der Waals surface area contributed by atoms with Crippen LogP contribution in [-0.4, -0.2) is 26.4 Å². The van der Waals surface area contributed by atoms with Crippen LogP contribution in [0.4, 0.5) is 11.4 Å². The molecule has 0 aliphatic rings. The van der Waals surface area contributed by atoms with Crippen LogP contribution in [0, 0.1) is 28.4 Å². The average Bonchev–Trinajstić information content (AvgIpc) is 2.84. The van der Waals surface area contributed by atoms with Gasteiger partial charge in [-0.05, 0) is 43.3 Å². The number of carbonyl (C=O) groups excluding carboxylic acids is 1. The van der Waals surface area contributed by atoms with E-state index in [4.69, 9.17) is 20.5 Å². The van der Waals surface area contributed by atoms with Gasteiger partial charge in [-0.1, -0.05) is 41.4 Å². The summed E-state index contributed by atoms with van der Waals surface area (Å²) in [6, 6.07) is 15.7. The van der Waals surface area contributed by atoms with Gasteiger partial charge in [-0.2, -0.15) is 13.7 Å². The number of nitrogens with zero attached hydrogens (tertiary/aromatic N) is 2. The second-order valence-corrected chi connectivity index (χ2v) is 9.23. The molecule has 0 aliphatic heterocycles. The summed E-state index contributed by atoms with van der Waals surface area (Å²) in [6.07, 6.45) is 1.11. The molecule has 0 radical (unpaired) electrons. The summed E-state index contributed by atoms with van der Waals surface area (Å²) in [4.78, 5) is 23.0. The van der Waals surface area contributed by atoms with Gasteiger partial charge in [0.05, 0.1) is 12.0 Å². The zero-order valence-corrected chi connectivity index (χ0v) is 20.5. The number of carbonyl (C=O) groups is 1. The molecule has 1 N–H and O–H groups in total. The van der Waals surface area contributed by atoms with E-state index in [0.29, 0.717) is 0 Å². The molecule has 184 valence electrons. The first-order valence-electron chi connectivity index (χ1n) is 10.1. The van der Waals surface area contributed by atoms with Gasteiger partial charge in [0.2, 0.25) is 0 Å². The summed E-state index contributed by atoms with van der Waals surface area (Å²) in [6.45, 7) is 1.80. The molecule has 0 heterocycles. The summed E-state index contributed by atoms with van der Waals surface area (Å²) in [5.41, 5.74) is 0.0888. The zero-order valence-electron chi connectivity index (χ0n) is 18.9. The van der Waals surface area contributed by atoms with Crippen LogP contribution in [0.15, 0.2) is 71.1 Å². The zero-order chi connectivity index (χ0) is 26.5. The van der Waals surface area contributed by atoms with Crippen molar-refractivity contribution in [2.24, 2.45) is 0 Å². The lowest BCUT2D eigenvalue weighted by Gasteiger charge is -2.14. The Morgan fingerprint density at radius 2 is 1.86 bits per heavy atom. The Balaban J connectivity index is 1.98. The minimum Gasteiger partial charge on any atom is -0.493 e. The number of anilines is 1. The molecule has 10 nitrogen and oxygen atoms in total. The molecular formula is C24H18ClN3O7S. The number of nitrogens with one attached hydrogen (secondary N) is 1. The maximum absolute atomic E-state index is 12.9. The highest BCUT2D eigenvalue weighted by atomic mass is 35.5. The van der Waals surface area contributed by atoms with Crippen molar-refractivity contribution in [2.75, 3.05) is 12.4 Å². The fraction of sp³-hybridized carbons (Fsp3) is 0.0833. The number of benzene rings is 3. The molecule has 0 fully saturated rings. The van der Waals surface area contributed by atoms with E-state index in [9.17, 15) is 28.6 Å². The number of hydrogen-bond donors (Lipinski definition) is 1. The number of nitriles is 1. The minimum atomic E-state index is -4.28. The van der Waals surface area contributed by atoms with Gasteiger partial charge in [0.25, 0.3) is 11.6 Å². The number of para-hydroxylation sites is 1. The van der Waals surface area contributed by atoms with Crippen LogP contribution in [0.2, 0.25) is 5.02 Å². The number of rotatable bonds is 8. The number of hydrogen-bond acceptors (Lipinski definition) is 8. The molecule has 0 aliphatic carbocycles. The van der Waals surface area contributed by atoms with Crippen LogP contribution in [0.3, 0.4) is 0 Å². The quantitative estimate of drug-likeness (QED) is 0.143. The van der Waals surface area contributed by atoms with Gasteiger partial charge >= 0.3 is 10.1 Å². The fourth-order valence-electron chi connectivity index (χ4n) is 2.99. The first-order valence-corrected chi connectivity index (χ1v) is 11.9. The van der Waals surface area contributed by atoms with Crippen molar-refractivity contribution in [1.82, 2.24) is 0 Å². The topological polar surface area (TPSA) is 149 Å². The summed E-state index contributed by atoms with van der Waals surface area (Å²) in [7, 11) is -2.98. The molecule has 3 aromatic rings. The fourth-order valence-corrected chi connectivity index (χ4v) is 4.14. The molecule has 0 unspecified atom stereocenters. The number of nitro groups is 1. The van der Waals surface area contributed by atoms with Crippen LogP contribution in [0.25, 0.3) is 6.08 Å². The van der Waals surface area contributed by atoms with E-state index in [0.717, 1.165) is 17.7 Å². The lowest BCUT2D eigenvalue weighted by Crippen LogP contribution is -2.14. The molecule has 0 spiro atoms. The highest BCUT2D eigenvalue weighted by molar-refractivity contribution is 7.87. The molecule has 12 heteroatoms. The Hall–Kier alpha value is -4.40. The monoisotopic (exact) mass is 527 g/mol. The Bertz CT molecular complexity index is 1510. The Kier molecular flexibility index (Phi) is 7.93. The molecule has 0 aromatic heterocycles. The third-order valence-corrected chi connectivity index (χ3v) is 6.35. The number of aryl methyl sites for hydroxylation is 1. The summed E-state index contributed by atoms with van der Waals surface area (Å²) in [5.74, 6) is -1.09. The van der Waals surface area contributed by atoms with Crippen LogP contribution < -0.4 is 14.2 Å². The van der Waals surface area contributed by atoms with Gasteiger partial charge in [0, 0.05) is 17.3 Å². The van der Waals surface area contributed by atoms with Crippen molar-refractivity contribution in [1.29, 1.82) is 5.26 Å². The number of halogens is 1.